The molecular formula is C22H15Cl2N3O2. The van der Waals surface area contributed by atoms with Crippen LogP contribution in [0.1, 0.15) is 27.5 Å². The van der Waals surface area contributed by atoms with Crippen molar-refractivity contribution in [1.29, 1.82) is 0 Å². The van der Waals surface area contributed by atoms with Crippen LogP contribution >= 0.6 is 23.2 Å². The van der Waals surface area contributed by atoms with Crippen molar-refractivity contribution in [1.82, 2.24) is 9.97 Å². The predicted molar refractivity (Wildman–Crippen MR) is 114 cm³/mol. The number of nitrogens with one attached hydrogen (secondary N) is 1. The minimum absolute atomic E-state index is 0.188. The Bertz CT molecular complexity index is 1250. The molecule has 4 aromatic rings. The van der Waals surface area contributed by atoms with E-state index in [0.29, 0.717) is 21.2 Å². The van der Waals surface area contributed by atoms with Crippen molar-refractivity contribution in [2.45, 2.75) is 6.04 Å². The Morgan fingerprint density at radius 1 is 1.03 bits per heavy atom. The van der Waals surface area contributed by atoms with Crippen molar-refractivity contribution >= 4 is 45.8 Å². The first-order chi connectivity index (χ1) is 14.1. The maximum Gasteiger partial charge on any atom is 0.261 e. The Hall–Kier alpha value is -3.02. The lowest BCUT2D eigenvalue weighted by Gasteiger charge is -2.26. The van der Waals surface area contributed by atoms with E-state index >= 15 is 0 Å². The van der Waals surface area contributed by atoms with E-state index in [9.17, 15) is 4.79 Å². The van der Waals surface area contributed by atoms with Crippen LogP contribution in [0, 0.1) is 0 Å². The highest BCUT2D eigenvalue weighted by molar-refractivity contribution is 6.38. The first kappa shape index (κ1) is 18.0. The second-order valence-electron chi connectivity index (χ2n) is 6.77. The Morgan fingerprint density at radius 2 is 1.79 bits per heavy atom. The SMILES string of the molecule is COc1ccc(C2c3c(Cl)ccc(Cl)c3C(=O)N2c2ccc3nc[nH]c3c2)cc1. The molecule has 0 saturated heterocycles. The zero-order valence-corrected chi connectivity index (χ0v) is 16.8. The van der Waals surface area contributed by atoms with Crippen molar-refractivity contribution in [3.05, 3.63) is 87.7 Å². The zero-order chi connectivity index (χ0) is 20.1. The number of carbonyl (C=O) groups is 1. The predicted octanol–water partition coefficient (Wildman–Crippen LogP) is 5.63. The molecule has 7 heteroatoms. The first-order valence-electron chi connectivity index (χ1n) is 8.97. The van der Waals surface area contributed by atoms with Crippen molar-refractivity contribution in [3.63, 3.8) is 0 Å². The number of anilines is 1. The summed E-state index contributed by atoms with van der Waals surface area (Å²) in [5.41, 5.74) is 4.46. The number of amides is 1. The highest BCUT2D eigenvalue weighted by Gasteiger charge is 2.41. The van der Waals surface area contributed by atoms with Crippen LogP contribution in [0.3, 0.4) is 0 Å². The molecule has 1 unspecified atom stereocenters. The zero-order valence-electron chi connectivity index (χ0n) is 15.3. The third-order valence-electron chi connectivity index (χ3n) is 5.22. The summed E-state index contributed by atoms with van der Waals surface area (Å²) in [7, 11) is 1.62. The number of rotatable bonds is 3. The lowest BCUT2D eigenvalue weighted by molar-refractivity contribution is 0.0993. The number of halogens is 2. The second-order valence-corrected chi connectivity index (χ2v) is 7.59. The van der Waals surface area contributed by atoms with Gasteiger partial charge < -0.3 is 9.72 Å². The van der Waals surface area contributed by atoms with E-state index in [1.54, 1.807) is 30.5 Å². The van der Waals surface area contributed by atoms with Crippen LogP contribution in [0.4, 0.5) is 5.69 Å². The van der Waals surface area contributed by atoms with E-state index in [-0.39, 0.29) is 5.91 Å². The van der Waals surface area contributed by atoms with Gasteiger partial charge in [0.1, 0.15) is 5.75 Å². The summed E-state index contributed by atoms with van der Waals surface area (Å²) in [6.45, 7) is 0. The molecule has 1 atom stereocenters. The summed E-state index contributed by atoms with van der Waals surface area (Å²) in [5.74, 6) is 0.549. The molecule has 3 aromatic carbocycles. The number of aromatic nitrogens is 2. The van der Waals surface area contributed by atoms with E-state index in [1.165, 1.54) is 0 Å². The lowest BCUT2D eigenvalue weighted by Crippen LogP contribution is -2.28. The van der Waals surface area contributed by atoms with Gasteiger partial charge in [0, 0.05) is 16.3 Å². The van der Waals surface area contributed by atoms with Gasteiger partial charge in [-0.05, 0) is 48.0 Å². The number of hydrogen-bond donors (Lipinski definition) is 1. The third kappa shape index (κ3) is 2.77. The fraction of sp³-hybridized carbons (Fsp3) is 0.0909. The number of H-pyrrole nitrogens is 1. The number of imidazole rings is 1. The molecule has 0 radical (unpaired) electrons. The fourth-order valence-corrected chi connectivity index (χ4v) is 4.37. The molecule has 1 amide bonds. The fourth-order valence-electron chi connectivity index (χ4n) is 3.86. The highest BCUT2D eigenvalue weighted by Crippen LogP contribution is 2.47. The largest absolute Gasteiger partial charge is 0.497 e. The van der Waals surface area contributed by atoms with Crippen LogP contribution < -0.4 is 9.64 Å². The van der Waals surface area contributed by atoms with Gasteiger partial charge in [0.05, 0.1) is 41.1 Å². The van der Waals surface area contributed by atoms with Gasteiger partial charge in [0.15, 0.2) is 0 Å². The molecule has 1 aromatic heterocycles. The Labute approximate surface area is 176 Å². The number of ether oxygens (including phenoxy) is 1. The number of carbonyl (C=O) groups excluding carboxylic acids is 1. The lowest BCUT2D eigenvalue weighted by atomic mass is 9.97. The Kier molecular flexibility index (Phi) is 4.23. The summed E-state index contributed by atoms with van der Waals surface area (Å²) in [4.78, 5) is 22.6. The molecule has 0 bridgehead atoms. The quantitative estimate of drug-likeness (QED) is 0.464. The summed E-state index contributed by atoms with van der Waals surface area (Å²) < 4.78 is 5.28. The van der Waals surface area contributed by atoms with Crippen molar-refractivity contribution in [3.8, 4) is 5.75 Å². The standard InChI is InChI=1S/C22H15Cl2N3O2/c1-29-14-5-2-12(3-6-14)21-19-15(23)7-8-16(24)20(19)22(28)27(21)13-4-9-17-18(10-13)26-11-25-17/h2-11,21H,1H3,(H,25,26). The Balaban J connectivity index is 1.74. The number of methoxy groups -OCH3 is 1. The summed E-state index contributed by atoms with van der Waals surface area (Å²) in [6.07, 6.45) is 1.63. The third-order valence-corrected chi connectivity index (χ3v) is 5.86. The monoisotopic (exact) mass is 423 g/mol. The number of benzene rings is 3. The molecule has 1 aliphatic rings. The van der Waals surface area contributed by atoms with E-state index < -0.39 is 6.04 Å². The molecule has 0 spiro atoms. The molecule has 5 nitrogen and oxygen atoms in total. The highest BCUT2D eigenvalue weighted by atomic mass is 35.5. The van der Waals surface area contributed by atoms with E-state index in [1.807, 2.05) is 42.5 Å². The van der Waals surface area contributed by atoms with Crippen LogP contribution in [-0.4, -0.2) is 23.0 Å². The normalized spacial score (nSPS) is 15.8. The Morgan fingerprint density at radius 3 is 2.55 bits per heavy atom. The van der Waals surface area contributed by atoms with Gasteiger partial charge in [-0.25, -0.2) is 4.98 Å². The van der Waals surface area contributed by atoms with Gasteiger partial charge in [0.25, 0.3) is 5.91 Å². The van der Waals surface area contributed by atoms with Crippen LogP contribution in [-0.2, 0) is 0 Å². The average Bonchev–Trinajstić information content (AvgIpc) is 3.33. The van der Waals surface area contributed by atoms with E-state index in [2.05, 4.69) is 9.97 Å². The van der Waals surface area contributed by atoms with E-state index in [4.69, 9.17) is 27.9 Å². The molecule has 144 valence electrons. The summed E-state index contributed by atoms with van der Waals surface area (Å²) in [6, 6.07) is 16.3. The number of fused-ring (bicyclic) bond motifs is 2. The van der Waals surface area contributed by atoms with Gasteiger partial charge >= 0.3 is 0 Å². The van der Waals surface area contributed by atoms with Crippen LogP contribution in [0.5, 0.6) is 5.75 Å². The molecule has 0 saturated carbocycles. The second kappa shape index (κ2) is 6.79. The average molecular weight is 424 g/mol. The molecule has 29 heavy (non-hydrogen) atoms. The van der Waals surface area contributed by atoms with Crippen molar-refractivity contribution < 1.29 is 9.53 Å². The van der Waals surface area contributed by atoms with E-state index in [0.717, 1.165) is 28.0 Å². The topological polar surface area (TPSA) is 58.2 Å². The molecule has 2 heterocycles. The van der Waals surface area contributed by atoms with Crippen molar-refractivity contribution in [2.75, 3.05) is 12.0 Å². The minimum atomic E-state index is -0.407. The maximum atomic E-state index is 13.5. The smallest absolute Gasteiger partial charge is 0.261 e. The van der Waals surface area contributed by atoms with Crippen LogP contribution in [0.2, 0.25) is 10.0 Å². The molecule has 0 aliphatic carbocycles. The summed E-state index contributed by atoms with van der Waals surface area (Å²) in [5, 5.41) is 0.890. The first-order valence-corrected chi connectivity index (χ1v) is 9.72. The van der Waals surface area contributed by atoms with Gasteiger partial charge in [-0.1, -0.05) is 35.3 Å². The minimum Gasteiger partial charge on any atom is -0.497 e. The maximum absolute atomic E-state index is 13.5. The van der Waals surface area contributed by atoms with Crippen LogP contribution in [0.15, 0.2) is 60.9 Å². The molecule has 0 fully saturated rings. The number of hydrogen-bond acceptors (Lipinski definition) is 3. The molecule has 1 N–H and O–H groups in total. The van der Waals surface area contributed by atoms with Gasteiger partial charge in [-0.2, -0.15) is 0 Å². The van der Waals surface area contributed by atoms with Gasteiger partial charge in [-0.3, -0.25) is 9.69 Å². The summed E-state index contributed by atoms with van der Waals surface area (Å²) >= 11 is 13.0. The molecule has 5 rings (SSSR count). The molecular weight excluding hydrogens is 409 g/mol. The van der Waals surface area contributed by atoms with Crippen LogP contribution in [0.25, 0.3) is 11.0 Å². The number of aromatic amines is 1. The van der Waals surface area contributed by atoms with Crippen molar-refractivity contribution in [2.24, 2.45) is 0 Å². The molecule has 1 aliphatic heterocycles. The number of nitrogens with zero attached hydrogens (tertiary/aromatic N) is 2. The van der Waals surface area contributed by atoms with Gasteiger partial charge in [-0.15, -0.1) is 0 Å². The van der Waals surface area contributed by atoms with Gasteiger partial charge in [0.2, 0.25) is 0 Å².